The van der Waals surface area contributed by atoms with Crippen LogP contribution in [0.5, 0.6) is 0 Å². The van der Waals surface area contributed by atoms with Crippen LogP contribution in [0.1, 0.15) is 15.9 Å². The van der Waals surface area contributed by atoms with Crippen LogP contribution in [0.3, 0.4) is 0 Å². The molecule has 1 saturated heterocycles. The second-order valence-electron chi connectivity index (χ2n) is 8.16. The number of fused-ring (bicyclic) bond motifs is 1. The molecule has 2 aromatic carbocycles. The number of amides is 1. The van der Waals surface area contributed by atoms with E-state index >= 15 is 0 Å². The minimum atomic E-state index is -3.88. The largest absolute Gasteiger partial charge is 0.378 e. The number of nitrogens with zero attached hydrogens (tertiary/aromatic N) is 2. The number of hydrogen-bond donors (Lipinski definition) is 1. The van der Waals surface area contributed by atoms with Gasteiger partial charge in [0.2, 0.25) is 9.84 Å². The second kappa shape index (κ2) is 9.12. The smallest absolute Gasteiger partial charge is 0.254 e. The van der Waals surface area contributed by atoms with E-state index < -0.39 is 9.84 Å². The molecule has 2 aromatic heterocycles. The Morgan fingerprint density at radius 3 is 2.59 bits per heavy atom. The number of nitrogens with one attached hydrogen (secondary N) is 1. The molecule has 174 valence electrons. The highest BCUT2D eigenvalue weighted by molar-refractivity contribution is 14.1. The van der Waals surface area contributed by atoms with Gasteiger partial charge in [0.05, 0.1) is 28.4 Å². The van der Waals surface area contributed by atoms with Crippen molar-refractivity contribution in [2.45, 2.75) is 16.7 Å². The Bertz CT molecular complexity index is 1490. The van der Waals surface area contributed by atoms with Crippen LogP contribution in [0.4, 0.5) is 0 Å². The number of halogens is 1. The number of morpholine rings is 1. The number of hydrogen-bond acceptors (Lipinski definition) is 5. The highest BCUT2D eigenvalue weighted by atomic mass is 127. The van der Waals surface area contributed by atoms with Crippen LogP contribution in [0.25, 0.3) is 22.2 Å². The van der Waals surface area contributed by atoms with Gasteiger partial charge in [-0.05, 0) is 59.3 Å². The molecule has 1 amide bonds. The fourth-order valence-electron chi connectivity index (χ4n) is 4.12. The molecule has 7 nitrogen and oxygen atoms in total. The number of aromatic nitrogens is 2. The second-order valence-corrected chi connectivity index (χ2v) is 11.2. The number of sulfone groups is 1. The van der Waals surface area contributed by atoms with E-state index in [1.807, 2.05) is 13.0 Å². The summed E-state index contributed by atoms with van der Waals surface area (Å²) in [7, 11) is -3.88. The summed E-state index contributed by atoms with van der Waals surface area (Å²) in [5, 5.41) is 0.545. The molecular formula is C25H22IN3O4S. The Balaban J connectivity index is 1.69. The number of H-pyrrole nitrogens is 1. The van der Waals surface area contributed by atoms with Crippen LogP contribution < -0.4 is 0 Å². The molecule has 0 spiro atoms. The van der Waals surface area contributed by atoms with Crippen molar-refractivity contribution in [1.29, 1.82) is 0 Å². The van der Waals surface area contributed by atoms with Gasteiger partial charge in [0.25, 0.3) is 5.91 Å². The molecule has 0 saturated carbocycles. The first-order valence-electron chi connectivity index (χ1n) is 10.8. The van der Waals surface area contributed by atoms with Crippen LogP contribution >= 0.6 is 22.6 Å². The third-order valence-electron chi connectivity index (χ3n) is 5.92. The van der Waals surface area contributed by atoms with Crippen molar-refractivity contribution in [3.63, 3.8) is 0 Å². The van der Waals surface area contributed by atoms with Gasteiger partial charge in [-0.25, -0.2) is 13.4 Å². The summed E-state index contributed by atoms with van der Waals surface area (Å²) in [6.45, 7) is 4.00. The maximum absolute atomic E-state index is 13.9. The van der Waals surface area contributed by atoms with E-state index in [0.717, 1.165) is 9.13 Å². The molecule has 1 aliphatic rings. The van der Waals surface area contributed by atoms with Gasteiger partial charge in [-0.2, -0.15) is 0 Å². The Labute approximate surface area is 211 Å². The highest BCUT2D eigenvalue weighted by Gasteiger charge is 2.28. The van der Waals surface area contributed by atoms with Gasteiger partial charge in [-0.3, -0.25) is 4.79 Å². The first-order chi connectivity index (χ1) is 16.4. The van der Waals surface area contributed by atoms with E-state index in [1.165, 1.54) is 0 Å². The van der Waals surface area contributed by atoms with Crippen LogP contribution in [-0.2, 0) is 14.6 Å². The summed E-state index contributed by atoms with van der Waals surface area (Å²) in [4.78, 5) is 22.8. The van der Waals surface area contributed by atoms with Gasteiger partial charge in [-0.1, -0.05) is 29.8 Å². The van der Waals surface area contributed by atoms with Gasteiger partial charge < -0.3 is 14.6 Å². The summed E-state index contributed by atoms with van der Waals surface area (Å²) in [5.41, 5.74) is 3.06. The monoisotopic (exact) mass is 587 g/mol. The number of benzene rings is 2. The van der Waals surface area contributed by atoms with E-state index in [9.17, 15) is 13.2 Å². The quantitative estimate of drug-likeness (QED) is 0.357. The molecule has 0 aliphatic carbocycles. The number of carbonyl (C=O) groups is 1. The molecule has 1 fully saturated rings. The molecule has 0 unspecified atom stereocenters. The van der Waals surface area contributed by atoms with Crippen molar-refractivity contribution in [2.24, 2.45) is 0 Å². The number of ether oxygens (including phenoxy) is 1. The average Bonchev–Trinajstić information content (AvgIpc) is 3.24. The topological polar surface area (TPSA) is 92.4 Å². The van der Waals surface area contributed by atoms with Crippen molar-refractivity contribution in [2.75, 3.05) is 26.3 Å². The lowest BCUT2D eigenvalue weighted by Crippen LogP contribution is -2.40. The minimum absolute atomic E-state index is 0.0987. The molecule has 1 aliphatic heterocycles. The lowest BCUT2D eigenvalue weighted by Gasteiger charge is -2.27. The van der Waals surface area contributed by atoms with Crippen LogP contribution in [0.2, 0.25) is 0 Å². The zero-order valence-electron chi connectivity index (χ0n) is 18.4. The Morgan fingerprint density at radius 2 is 1.85 bits per heavy atom. The molecule has 5 rings (SSSR count). The molecular weight excluding hydrogens is 565 g/mol. The normalized spacial score (nSPS) is 14.5. The summed E-state index contributed by atoms with van der Waals surface area (Å²) < 4.78 is 34.0. The van der Waals surface area contributed by atoms with Crippen LogP contribution in [-0.4, -0.2) is 55.5 Å². The van der Waals surface area contributed by atoms with Crippen molar-refractivity contribution < 1.29 is 17.9 Å². The maximum atomic E-state index is 13.9. The minimum Gasteiger partial charge on any atom is -0.378 e. The Hall–Kier alpha value is -2.76. The van der Waals surface area contributed by atoms with Crippen molar-refractivity contribution in [3.05, 3.63) is 75.6 Å². The van der Waals surface area contributed by atoms with Crippen LogP contribution in [0.15, 0.2) is 70.7 Å². The molecule has 0 atom stereocenters. The fraction of sp³-hybridized carbons (Fsp3) is 0.200. The predicted molar refractivity (Wildman–Crippen MR) is 138 cm³/mol. The number of rotatable bonds is 4. The molecule has 0 radical (unpaired) electrons. The molecule has 34 heavy (non-hydrogen) atoms. The molecule has 4 aromatic rings. The average molecular weight is 587 g/mol. The summed E-state index contributed by atoms with van der Waals surface area (Å²) in [6.07, 6.45) is 3.31. The highest BCUT2D eigenvalue weighted by Crippen LogP contribution is 2.38. The third-order valence-corrected chi connectivity index (χ3v) is 8.63. The van der Waals surface area contributed by atoms with E-state index in [-0.39, 0.29) is 15.7 Å². The number of carbonyl (C=O) groups excluding carboxylic acids is 1. The van der Waals surface area contributed by atoms with E-state index in [2.05, 4.69) is 32.6 Å². The van der Waals surface area contributed by atoms with Gasteiger partial charge in [0.15, 0.2) is 0 Å². The van der Waals surface area contributed by atoms with Crippen LogP contribution in [0, 0.1) is 10.5 Å². The number of pyridine rings is 1. The molecule has 1 N–H and O–H groups in total. The molecule has 0 bridgehead atoms. The lowest BCUT2D eigenvalue weighted by atomic mass is 10.0. The standard InChI is InChI=1S/C25H22IN3O4S/c1-16-5-7-19(8-6-16)34(31,32)23-20(14-27-24-22(23)21(26)15-28-24)17-3-2-4-18(13-17)25(30)29-9-11-33-12-10-29/h2-8,13-15H,9-12H2,1H3,(H,27,28). The number of aromatic amines is 1. The van der Waals surface area contributed by atoms with Crippen molar-refractivity contribution in [1.82, 2.24) is 14.9 Å². The molecule has 9 heteroatoms. The summed E-state index contributed by atoms with van der Waals surface area (Å²) >= 11 is 2.12. The summed E-state index contributed by atoms with van der Waals surface area (Å²) in [6, 6.07) is 13.9. The van der Waals surface area contributed by atoms with Crippen molar-refractivity contribution in [3.8, 4) is 11.1 Å². The first kappa shape index (κ1) is 23.0. The van der Waals surface area contributed by atoms with Gasteiger partial charge >= 0.3 is 0 Å². The molecule has 3 heterocycles. The van der Waals surface area contributed by atoms with Gasteiger partial charge in [-0.15, -0.1) is 0 Å². The van der Waals surface area contributed by atoms with E-state index in [0.29, 0.717) is 54.0 Å². The zero-order valence-corrected chi connectivity index (χ0v) is 21.4. The van der Waals surface area contributed by atoms with Crippen molar-refractivity contribution >= 4 is 49.4 Å². The SMILES string of the molecule is Cc1ccc(S(=O)(=O)c2c(-c3cccc(C(=O)N4CCOCC4)c3)cnc3[nH]cc(I)c23)cc1. The summed E-state index contributed by atoms with van der Waals surface area (Å²) in [5.74, 6) is -0.0987. The maximum Gasteiger partial charge on any atom is 0.254 e. The third kappa shape index (κ3) is 4.12. The fourth-order valence-corrected chi connectivity index (χ4v) is 6.65. The predicted octanol–water partition coefficient (Wildman–Crippen LogP) is 4.45. The Morgan fingerprint density at radius 1 is 1.12 bits per heavy atom. The van der Waals surface area contributed by atoms with E-state index in [4.69, 9.17) is 4.74 Å². The lowest BCUT2D eigenvalue weighted by molar-refractivity contribution is 0.0303. The van der Waals surface area contributed by atoms with Gasteiger partial charge in [0.1, 0.15) is 5.65 Å². The van der Waals surface area contributed by atoms with E-state index in [1.54, 1.807) is 59.8 Å². The van der Waals surface area contributed by atoms with Gasteiger partial charge in [0, 0.05) is 40.2 Å². The first-order valence-corrected chi connectivity index (χ1v) is 13.4. The Kier molecular flexibility index (Phi) is 6.17. The number of aryl methyl sites for hydroxylation is 1. The zero-order chi connectivity index (χ0) is 23.9.